The van der Waals surface area contributed by atoms with Crippen molar-refractivity contribution in [2.45, 2.75) is 6.54 Å². The summed E-state index contributed by atoms with van der Waals surface area (Å²) in [4.78, 5) is 17.0. The van der Waals surface area contributed by atoms with Crippen LogP contribution in [0.1, 0.15) is 16.1 Å². The first-order chi connectivity index (χ1) is 15.6. The van der Waals surface area contributed by atoms with Crippen molar-refractivity contribution in [2.24, 2.45) is 0 Å². The molecule has 3 aromatic carbocycles. The van der Waals surface area contributed by atoms with Gasteiger partial charge in [-0.2, -0.15) is 0 Å². The van der Waals surface area contributed by atoms with Crippen LogP contribution < -0.4 is 5.32 Å². The third-order valence-corrected chi connectivity index (χ3v) is 5.72. The van der Waals surface area contributed by atoms with Crippen LogP contribution in [-0.4, -0.2) is 10.9 Å². The van der Waals surface area contributed by atoms with E-state index in [1.807, 2.05) is 48.5 Å². The molecule has 2 heterocycles. The van der Waals surface area contributed by atoms with E-state index in [1.165, 1.54) is 0 Å². The van der Waals surface area contributed by atoms with Crippen molar-refractivity contribution in [3.8, 4) is 22.8 Å². The summed E-state index contributed by atoms with van der Waals surface area (Å²) in [6.07, 6.45) is 0. The minimum Gasteiger partial charge on any atom is -0.451 e. The van der Waals surface area contributed by atoms with Gasteiger partial charge in [-0.3, -0.25) is 4.79 Å². The quantitative estimate of drug-likeness (QED) is 0.305. The normalized spacial score (nSPS) is 11.1. The lowest BCUT2D eigenvalue weighted by Crippen LogP contribution is -2.22. The Hall–Kier alpha value is -3.54. The summed E-state index contributed by atoms with van der Waals surface area (Å²) in [7, 11) is 0. The van der Waals surface area contributed by atoms with Gasteiger partial charge in [0.15, 0.2) is 11.3 Å². The molecule has 0 aliphatic heterocycles. The molecule has 0 unspecified atom stereocenters. The molecule has 0 saturated carbocycles. The second-order valence-electron chi connectivity index (χ2n) is 7.16. The molecular weight excluding hydrogens is 447 g/mol. The fourth-order valence-electron chi connectivity index (χ4n) is 3.29. The number of halogens is 2. The maximum atomic E-state index is 12.5. The van der Waals surface area contributed by atoms with Gasteiger partial charge in [-0.05, 0) is 60.2 Å². The summed E-state index contributed by atoms with van der Waals surface area (Å²) in [5, 5.41) is 3.75. The van der Waals surface area contributed by atoms with E-state index in [0.29, 0.717) is 28.2 Å². The van der Waals surface area contributed by atoms with Gasteiger partial charge in [-0.1, -0.05) is 47.5 Å². The summed E-state index contributed by atoms with van der Waals surface area (Å²) < 4.78 is 11.5. The van der Waals surface area contributed by atoms with Gasteiger partial charge in [0.2, 0.25) is 5.89 Å². The zero-order chi connectivity index (χ0) is 22.1. The van der Waals surface area contributed by atoms with Gasteiger partial charge in [-0.25, -0.2) is 4.98 Å². The van der Waals surface area contributed by atoms with Crippen molar-refractivity contribution < 1.29 is 13.6 Å². The molecule has 0 bridgehead atoms. The molecule has 0 fully saturated rings. The van der Waals surface area contributed by atoms with Crippen LogP contribution in [0.15, 0.2) is 87.7 Å². The average molecular weight is 463 g/mol. The second-order valence-corrected chi connectivity index (χ2v) is 7.97. The minimum atomic E-state index is -0.306. The van der Waals surface area contributed by atoms with Crippen LogP contribution >= 0.6 is 23.2 Å². The minimum absolute atomic E-state index is 0.217. The molecule has 0 saturated heterocycles. The molecule has 5 aromatic rings. The SMILES string of the molecule is O=C(NCc1ccc(-c2nc3ccccc3o2)cc1)c1ccc(-c2ccc(Cl)c(Cl)c2)o1. The Morgan fingerprint density at radius 2 is 1.62 bits per heavy atom. The predicted molar refractivity (Wildman–Crippen MR) is 125 cm³/mol. The molecule has 1 N–H and O–H groups in total. The van der Waals surface area contributed by atoms with E-state index < -0.39 is 0 Å². The number of oxazole rings is 1. The molecule has 32 heavy (non-hydrogen) atoms. The Morgan fingerprint density at radius 1 is 0.844 bits per heavy atom. The number of aromatic nitrogens is 1. The van der Waals surface area contributed by atoms with E-state index in [-0.39, 0.29) is 11.7 Å². The van der Waals surface area contributed by atoms with E-state index in [2.05, 4.69) is 10.3 Å². The molecule has 0 aliphatic carbocycles. The Balaban J connectivity index is 1.24. The number of nitrogens with zero attached hydrogens (tertiary/aromatic N) is 1. The molecule has 0 atom stereocenters. The van der Waals surface area contributed by atoms with Crippen molar-refractivity contribution in [1.29, 1.82) is 0 Å². The van der Waals surface area contributed by atoms with Crippen LogP contribution in [0.5, 0.6) is 0 Å². The molecule has 5 rings (SSSR count). The fourth-order valence-corrected chi connectivity index (χ4v) is 3.59. The number of nitrogens with one attached hydrogen (secondary N) is 1. The van der Waals surface area contributed by atoms with Crippen molar-refractivity contribution in [3.63, 3.8) is 0 Å². The fraction of sp³-hybridized carbons (Fsp3) is 0.0400. The number of carbonyl (C=O) groups is 1. The van der Waals surface area contributed by atoms with Crippen molar-refractivity contribution in [2.75, 3.05) is 0 Å². The first-order valence-corrected chi connectivity index (χ1v) is 10.6. The third-order valence-electron chi connectivity index (χ3n) is 4.98. The number of amides is 1. The molecule has 0 aliphatic rings. The summed E-state index contributed by atoms with van der Waals surface area (Å²) in [6, 6.07) is 23.8. The number of hydrogen-bond acceptors (Lipinski definition) is 4. The van der Waals surface area contributed by atoms with Gasteiger partial charge in [0.05, 0.1) is 10.0 Å². The maximum Gasteiger partial charge on any atom is 0.287 e. The molecule has 7 heteroatoms. The highest BCUT2D eigenvalue weighted by Crippen LogP contribution is 2.29. The lowest BCUT2D eigenvalue weighted by atomic mass is 10.1. The molecule has 158 valence electrons. The number of hydrogen-bond donors (Lipinski definition) is 1. The monoisotopic (exact) mass is 462 g/mol. The van der Waals surface area contributed by atoms with Crippen molar-refractivity contribution in [3.05, 3.63) is 100 Å². The molecule has 2 aromatic heterocycles. The smallest absolute Gasteiger partial charge is 0.287 e. The molecule has 0 spiro atoms. The number of fused-ring (bicyclic) bond motifs is 1. The Labute approximate surface area is 193 Å². The van der Waals surface area contributed by atoms with Crippen molar-refractivity contribution in [1.82, 2.24) is 10.3 Å². The highest BCUT2D eigenvalue weighted by molar-refractivity contribution is 6.42. The molecule has 0 radical (unpaired) electrons. The van der Waals surface area contributed by atoms with E-state index in [1.54, 1.807) is 30.3 Å². The summed E-state index contributed by atoms with van der Waals surface area (Å²) >= 11 is 12.0. The number of rotatable bonds is 5. The van der Waals surface area contributed by atoms with E-state index >= 15 is 0 Å². The van der Waals surface area contributed by atoms with Gasteiger partial charge in [-0.15, -0.1) is 0 Å². The maximum absolute atomic E-state index is 12.5. The molecule has 1 amide bonds. The van der Waals surface area contributed by atoms with Crippen LogP contribution in [0.25, 0.3) is 33.9 Å². The summed E-state index contributed by atoms with van der Waals surface area (Å²) in [5.41, 5.74) is 4.12. The number of carbonyl (C=O) groups excluding carboxylic acids is 1. The second kappa shape index (κ2) is 8.54. The van der Waals surface area contributed by atoms with Gasteiger partial charge in [0.25, 0.3) is 5.91 Å². The van der Waals surface area contributed by atoms with Crippen molar-refractivity contribution >= 4 is 40.2 Å². The zero-order valence-electron chi connectivity index (χ0n) is 16.6. The molecule has 5 nitrogen and oxygen atoms in total. The van der Waals surface area contributed by atoms with Gasteiger partial charge < -0.3 is 14.2 Å². The van der Waals surface area contributed by atoms with E-state index in [4.69, 9.17) is 32.0 Å². The van der Waals surface area contributed by atoms with Crippen LogP contribution in [-0.2, 0) is 6.54 Å². The highest BCUT2D eigenvalue weighted by Gasteiger charge is 2.13. The first kappa shape index (κ1) is 20.4. The van der Waals surface area contributed by atoms with Crippen LogP contribution in [0.3, 0.4) is 0 Å². The van der Waals surface area contributed by atoms with Crippen LogP contribution in [0.2, 0.25) is 10.0 Å². The summed E-state index contributed by atoms with van der Waals surface area (Å²) in [5.74, 6) is 1.01. The Bertz CT molecular complexity index is 1390. The Kier molecular flexibility index (Phi) is 5.43. The number of para-hydroxylation sites is 2. The highest BCUT2D eigenvalue weighted by atomic mass is 35.5. The van der Waals surface area contributed by atoms with E-state index in [0.717, 1.165) is 27.8 Å². The van der Waals surface area contributed by atoms with E-state index in [9.17, 15) is 4.79 Å². The standard InChI is InChI=1S/C25H16Cl2N2O3/c26-18-10-9-17(13-19(18)27)21-11-12-23(31-21)24(30)28-14-15-5-7-16(8-6-15)25-29-20-3-1-2-4-22(20)32-25/h1-13H,14H2,(H,28,30). The van der Waals surface area contributed by atoms with Crippen LogP contribution in [0, 0.1) is 0 Å². The number of furan rings is 1. The van der Waals surface area contributed by atoms with Crippen LogP contribution in [0.4, 0.5) is 0 Å². The molecular formula is C25H16Cl2N2O3. The zero-order valence-corrected chi connectivity index (χ0v) is 18.2. The first-order valence-electron chi connectivity index (χ1n) is 9.85. The predicted octanol–water partition coefficient (Wildman–Crippen LogP) is 6.99. The lowest BCUT2D eigenvalue weighted by molar-refractivity contribution is 0.0924. The summed E-state index contributed by atoms with van der Waals surface area (Å²) in [6.45, 7) is 0.357. The topological polar surface area (TPSA) is 68.3 Å². The largest absolute Gasteiger partial charge is 0.451 e. The van der Waals surface area contributed by atoms with Gasteiger partial charge in [0, 0.05) is 17.7 Å². The Morgan fingerprint density at radius 3 is 2.41 bits per heavy atom. The lowest BCUT2D eigenvalue weighted by Gasteiger charge is -2.04. The van der Waals surface area contributed by atoms with Gasteiger partial charge >= 0.3 is 0 Å². The average Bonchev–Trinajstić information content (AvgIpc) is 3.47. The number of benzene rings is 3. The third kappa shape index (κ3) is 4.13. The van der Waals surface area contributed by atoms with Gasteiger partial charge in [0.1, 0.15) is 11.3 Å².